The molecule has 3 aromatic rings. The second-order valence-electron chi connectivity index (χ2n) is 8.71. The van der Waals surface area contributed by atoms with Gasteiger partial charge in [0.1, 0.15) is 5.75 Å². The average molecular weight is 501 g/mol. The Hall–Kier alpha value is -2.97. The lowest BCUT2D eigenvalue weighted by Gasteiger charge is -2.17. The molecular formula is C27H36N2O5S. The summed E-state index contributed by atoms with van der Waals surface area (Å²) < 4.78 is 44.4. The molecule has 1 heterocycles. The van der Waals surface area contributed by atoms with Crippen LogP contribution in [0.2, 0.25) is 0 Å². The molecule has 0 spiro atoms. The van der Waals surface area contributed by atoms with Gasteiger partial charge in [-0.3, -0.25) is 0 Å². The van der Waals surface area contributed by atoms with E-state index < -0.39 is 9.84 Å². The Balaban J connectivity index is 1.46. The normalized spacial score (nSPS) is 11.6. The standard InChI is InChI=1S/C27H36N2O5S/c1-20-18-27(21(2)29(20)4)35(30,31)24-11-9-23(10-12-24)34-17-7-15-28(3)16-14-22-8-13-25(32-5)26(19-22)33-6/h8-13,18-19H,7,14-17H2,1-6H3. The first kappa shape index (κ1) is 26.6. The number of methoxy groups -OCH3 is 2. The van der Waals surface area contributed by atoms with Crippen molar-refractivity contribution in [1.82, 2.24) is 9.47 Å². The molecule has 0 bridgehead atoms. The van der Waals surface area contributed by atoms with E-state index in [1.165, 1.54) is 5.56 Å². The van der Waals surface area contributed by atoms with E-state index in [2.05, 4.69) is 18.0 Å². The summed E-state index contributed by atoms with van der Waals surface area (Å²) in [5.74, 6) is 2.14. The first-order valence-corrected chi connectivity index (χ1v) is 13.2. The van der Waals surface area contributed by atoms with Crippen LogP contribution in [0.25, 0.3) is 0 Å². The van der Waals surface area contributed by atoms with Gasteiger partial charge in [0.2, 0.25) is 9.84 Å². The maximum absolute atomic E-state index is 13.0. The first-order valence-electron chi connectivity index (χ1n) is 11.7. The topological polar surface area (TPSA) is 70.0 Å². The van der Waals surface area contributed by atoms with Crippen LogP contribution in [0.15, 0.2) is 58.3 Å². The van der Waals surface area contributed by atoms with Gasteiger partial charge in [-0.25, -0.2) is 8.42 Å². The maximum atomic E-state index is 13.0. The minimum absolute atomic E-state index is 0.272. The molecule has 2 aromatic carbocycles. The SMILES string of the molecule is COc1ccc(CCN(C)CCCOc2ccc(S(=O)(=O)c3cc(C)n(C)c3C)cc2)cc1OC. The molecule has 0 unspecified atom stereocenters. The van der Waals surface area contributed by atoms with Crippen LogP contribution in [0.5, 0.6) is 17.2 Å². The van der Waals surface area contributed by atoms with Gasteiger partial charge in [-0.1, -0.05) is 6.07 Å². The molecule has 7 nitrogen and oxygen atoms in total. The summed E-state index contributed by atoms with van der Waals surface area (Å²) in [6, 6.07) is 14.4. The molecule has 0 aliphatic heterocycles. The number of sulfone groups is 1. The Morgan fingerprint density at radius 1 is 0.914 bits per heavy atom. The van der Waals surface area contributed by atoms with Crippen LogP contribution in [0.3, 0.4) is 0 Å². The predicted octanol–water partition coefficient (Wildman–Crippen LogP) is 4.44. The highest BCUT2D eigenvalue weighted by Crippen LogP contribution is 2.28. The summed E-state index contributed by atoms with van der Waals surface area (Å²) in [5.41, 5.74) is 2.84. The van der Waals surface area contributed by atoms with Gasteiger partial charge in [0.25, 0.3) is 0 Å². The van der Waals surface area contributed by atoms with Crippen molar-refractivity contribution < 1.29 is 22.6 Å². The first-order chi connectivity index (χ1) is 16.7. The fourth-order valence-corrected chi connectivity index (χ4v) is 5.53. The van der Waals surface area contributed by atoms with Gasteiger partial charge in [-0.2, -0.15) is 0 Å². The lowest BCUT2D eigenvalue weighted by molar-refractivity contribution is 0.264. The van der Waals surface area contributed by atoms with Crippen LogP contribution in [0, 0.1) is 13.8 Å². The summed E-state index contributed by atoms with van der Waals surface area (Å²) in [7, 11) is 3.68. The minimum Gasteiger partial charge on any atom is -0.494 e. The fourth-order valence-electron chi connectivity index (χ4n) is 3.93. The fraction of sp³-hybridized carbons (Fsp3) is 0.407. The Morgan fingerprint density at radius 2 is 1.60 bits per heavy atom. The van der Waals surface area contributed by atoms with Gasteiger partial charge in [0, 0.05) is 31.5 Å². The van der Waals surface area contributed by atoms with Gasteiger partial charge >= 0.3 is 0 Å². The number of nitrogens with zero attached hydrogens (tertiary/aromatic N) is 2. The Labute approximate surface area is 209 Å². The molecule has 0 amide bonds. The molecular weight excluding hydrogens is 464 g/mol. The predicted molar refractivity (Wildman–Crippen MR) is 138 cm³/mol. The van der Waals surface area contributed by atoms with Crippen LogP contribution >= 0.6 is 0 Å². The minimum atomic E-state index is -3.56. The van der Waals surface area contributed by atoms with Gasteiger partial charge in [0.05, 0.1) is 30.6 Å². The van der Waals surface area contributed by atoms with Crippen LogP contribution in [-0.2, 0) is 23.3 Å². The van der Waals surface area contributed by atoms with E-state index in [0.29, 0.717) is 17.3 Å². The lowest BCUT2D eigenvalue weighted by atomic mass is 10.1. The van der Waals surface area contributed by atoms with Crippen molar-refractivity contribution in [3.63, 3.8) is 0 Å². The Bertz CT molecular complexity index is 1230. The summed E-state index contributed by atoms with van der Waals surface area (Å²) in [6.45, 7) is 6.09. The van der Waals surface area contributed by atoms with Crippen LogP contribution < -0.4 is 14.2 Å². The maximum Gasteiger partial charge on any atom is 0.208 e. The second-order valence-corrected chi connectivity index (χ2v) is 10.6. The van der Waals surface area contributed by atoms with E-state index in [1.807, 2.05) is 37.6 Å². The third-order valence-electron chi connectivity index (χ3n) is 6.34. The molecule has 0 saturated heterocycles. The van der Waals surface area contributed by atoms with Gasteiger partial charge < -0.3 is 23.7 Å². The van der Waals surface area contributed by atoms with Crippen molar-refractivity contribution in [3.05, 3.63) is 65.5 Å². The molecule has 0 aliphatic rings. The third kappa shape index (κ3) is 6.38. The zero-order valence-corrected chi connectivity index (χ0v) is 22.3. The highest BCUT2D eigenvalue weighted by molar-refractivity contribution is 7.91. The number of aromatic nitrogens is 1. The largest absolute Gasteiger partial charge is 0.494 e. The number of ether oxygens (including phenoxy) is 3. The van der Waals surface area contributed by atoms with Crippen molar-refractivity contribution in [2.75, 3.05) is 41.0 Å². The van der Waals surface area contributed by atoms with E-state index in [-0.39, 0.29) is 4.90 Å². The van der Waals surface area contributed by atoms with Gasteiger partial charge in [0.15, 0.2) is 11.5 Å². The highest BCUT2D eigenvalue weighted by atomic mass is 32.2. The number of rotatable bonds is 12. The monoisotopic (exact) mass is 500 g/mol. The molecule has 1 aromatic heterocycles. The summed E-state index contributed by atoms with van der Waals surface area (Å²) >= 11 is 0. The summed E-state index contributed by atoms with van der Waals surface area (Å²) in [4.78, 5) is 2.88. The quantitative estimate of drug-likeness (QED) is 0.343. The molecule has 0 fully saturated rings. The molecule has 190 valence electrons. The van der Waals surface area contributed by atoms with Crippen molar-refractivity contribution in [3.8, 4) is 17.2 Å². The summed E-state index contributed by atoms with van der Waals surface area (Å²) in [5, 5.41) is 0. The number of benzene rings is 2. The molecule has 8 heteroatoms. The molecule has 0 N–H and O–H groups in total. The van der Waals surface area contributed by atoms with Crippen LogP contribution in [0.4, 0.5) is 0 Å². The number of hydrogen-bond donors (Lipinski definition) is 0. The Kier molecular flexibility index (Phi) is 8.86. The smallest absolute Gasteiger partial charge is 0.208 e. The molecule has 0 aliphatic carbocycles. The molecule has 0 atom stereocenters. The molecule has 3 rings (SSSR count). The van der Waals surface area contributed by atoms with Crippen molar-refractivity contribution in [2.45, 2.75) is 36.5 Å². The third-order valence-corrected chi connectivity index (χ3v) is 8.22. The van der Waals surface area contributed by atoms with E-state index in [9.17, 15) is 8.42 Å². The van der Waals surface area contributed by atoms with E-state index in [1.54, 1.807) is 44.6 Å². The summed E-state index contributed by atoms with van der Waals surface area (Å²) in [6.07, 6.45) is 1.78. The van der Waals surface area contributed by atoms with E-state index in [4.69, 9.17) is 14.2 Å². The lowest BCUT2D eigenvalue weighted by Crippen LogP contribution is -2.23. The molecule has 0 radical (unpaired) electrons. The van der Waals surface area contributed by atoms with Gasteiger partial charge in [-0.05, 0) is 81.8 Å². The highest BCUT2D eigenvalue weighted by Gasteiger charge is 2.23. The van der Waals surface area contributed by atoms with Crippen LogP contribution in [-0.4, -0.2) is 58.8 Å². The number of likely N-dealkylation sites (N-methyl/N-ethyl adjacent to an activating group) is 1. The van der Waals surface area contributed by atoms with E-state index >= 15 is 0 Å². The Morgan fingerprint density at radius 3 is 2.20 bits per heavy atom. The average Bonchev–Trinajstić information content (AvgIpc) is 3.13. The zero-order chi connectivity index (χ0) is 25.6. The van der Waals surface area contributed by atoms with Crippen molar-refractivity contribution >= 4 is 9.84 Å². The van der Waals surface area contributed by atoms with Crippen molar-refractivity contribution in [2.24, 2.45) is 7.05 Å². The number of hydrogen-bond acceptors (Lipinski definition) is 6. The van der Waals surface area contributed by atoms with E-state index in [0.717, 1.165) is 48.8 Å². The van der Waals surface area contributed by atoms with Crippen molar-refractivity contribution in [1.29, 1.82) is 0 Å². The van der Waals surface area contributed by atoms with Gasteiger partial charge in [-0.15, -0.1) is 0 Å². The number of aryl methyl sites for hydroxylation is 1. The molecule has 35 heavy (non-hydrogen) atoms. The van der Waals surface area contributed by atoms with Crippen LogP contribution in [0.1, 0.15) is 23.4 Å². The zero-order valence-electron chi connectivity index (χ0n) is 21.5. The second kappa shape index (κ2) is 11.6. The molecule has 0 saturated carbocycles.